The van der Waals surface area contributed by atoms with Gasteiger partial charge in [0, 0.05) is 5.69 Å². The summed E-state index contributed by atoms with van der Waals surface area (Å²) in [5.41, 5.74) is 1.89. The van der Waals surface area contributed by atoms with Crippen LogP contribution in [0.15, 0.2) is 90.1 Å². The van der Waals surface area contributed by atoms with Gasteiger partial charge in [0.05, 0.1) is 23.0 Å². The molecule has 1 heterocycles. The molecule has 0 unspecified atom stereocenters. The molecule has 0 atom stereocenters. The van der Waals surface area contributed by atoms with Gasteiger partial charge in [-0.2, -0.15) is 5.10 Å². The zero-order chi connectivity index (χ0) is 21.1. The lowest BCUT2D eigenvalue weighted by Crippen LogP contribution is -2.12. The molecule has 0 aliphatic carbocycles. The van der Waals surface area contributed by atoms with E-state index in [-0.39, 0.29) is 10.7 Å². The van der Waals surface area contributed by atoms with E-state index in [9.17, 15) is 12.8 Å². The normalized spacial score (nSPS) is 11.3. The van der Waals surface area contributed by atoms with Crippen LogP contribution in [0.25, 0.3) is 5.69 Å². The molecular weight excluding hydrogens is 405 g/mol. The van der Waals surface area contributed by atoms with Crippen molar-refractivity contribution in [2.24, 2.45) is 0 Å². The first-order chi connectivity index (χ1) is 14.4. The lowest BCUT2D eigenvalue weighted by atomic mass is 10.2. The Kier molecular flexibility index (Phi) is 5.24. The molecule has 0 fully saturated rings. The van der Waals surface area contributed by atoms with Crippen molar-refractivity contribution in [2.75, 3.05) is 4.72 Å². The van der Waals surface area contributed by atoms with Crippen LogP contribution in [-0.2, 0) is 10.0 Å². The SMILES string of the molecule is Cc1cc(NS(=O)(=O)c2ccccc2)ccc1Oc1cnn(-c2ccc(F)cc2)c1. The van der Waals surface area contributed by atoms with Gasteiger partial charge in [-0.15, -0.1) is 0 Å². The summed E-state index contributed by atoms with van der Waals surface area (Å²) in [4.78, 5) is 0.191. The molecule has 0 radical (unpaired) electrons. The first kappa shape index (κ1) is 19.7. The molecule has 3 aromatic carbocycles. The summed E-state index contributed by atoms with van der Waals surface area (Å²) < 4.78 is 48.0. The van der Waals surface area contributed by atoms with E-state index in [0.717, 1.165) is 5.56 Å². The zero-order valence-electron chi connectivity index (χ0n) is 16.0. The van der Waals surface area contributed by atoms with Crippen LogP contribution in [0.3, 0.4) is 0 Å². The van der Waals surface area contributed by atoms with Crippen molar-refractivity contribution in [3.05, 3.63) is 96.6 Å². The molecule has 1 aromatic heterocycles. The molecule has 4 aromatic rings. The molecule has 8 heteroatoms. The molecular formula is C22H18FN3O3S. The Labute approximate surface area is 173 Å². The molecule has 0 aliphatic rings. The van der Waals surface area contributed by atoms with Crippen molar-refractivity contribution in [2.45, 2.75) is 11.8 Å². The lowest BCUT2D eigenvalue weighted by Gasteiger charge is -2.11. The second kappa shape index (κ2) is 8.00. The Bertz CT molecular complexity index is 1270. The molecule has 30 heavy (non-hydrogen) atoms. The van der Waals surface area contributed by atoms with Crippen LogP contribution in [-0.4, -0.2) is 18.2 Å². The molecule has 0 bridgehead atoms. The Hall–Kier alpha value is -3.65. The Morgan fingerprint density at radius 2 is 1.73 bits per heavy atom. The minimum absolute atomic E-state index is 0.191. The van der Waals surface area contributed by atoms with Crippen LogP contribution in [0.1, 0.15) is 5.56 Å². The van der Waals surface area contributed by atoms with E-state index in [2.05, 4.69) is 9.82 Å². The smallest absolute Gasteiger partial charge is 0.261 e. The van der Waals surface area contributed by atoms with E-state index < -0.39 is 10.0 Å². The van der Waals surface area contributed by atoms with Gasteiger partial charge in [-0.1, -0.05) is 18.2 Å². The maximum Gasteiger partial charge on any atom is 0.261 e. The van der Waals surface area contributed by atoms with Gasteiger partial charge >= 0.3 is 0 Å². The number of benzene rings is 3. The summed E-state index contributed by atoms with van der Waals surface area (Å²) in [6.07, 6.45) is 3.23. The van der Waals surface area contributed by atoms with Crippen molar-refractivity contribution in [3.8, 4) is 17.2 Å². The standard InChI is InChI=1S/C22H18FN3O3S/c1-16-13-18(25-30(27,28)21-5-3-2-4-6-21)9-12-22(16)29-20-14-24-26(15-20)19-10-7-17(23)8-11-19/h2-15,25H,1H3. The maximum atomic E-state index is 13.1. The second-order valence-corrected chi connectivity index (χ2v) is 8.28. The number of ether oxygens (including phenoxy) is 1. The summed E-state index contributed by atoms with van der Waals surface area (Å²) in [5, 5.41) is 4.22. The number of anilines is 1. The highest BCUT2D eigenvalue weighted by molar-refractivity contribution is 7.92. The molecule has 6 nitrogen and oxygen atoms in total. The zero-order valence-corrected chi connectivity index (χ0v) is 16.8. The topological polar surface area (TPSA) is 73.2 Å². The largest absolute Gasteiger partial charge is 0.454 e. The average molecular weight is 423 g/mol. The minimum Gasteiger partial charge on any atom is -0.454 e. The van der Waals surface area contributed by atoms with Crippen molar-refractivity contribution in [1.29, 1.82) is 0 Å². The molecule has 0 saturated heterocycles. The molecule has 0 aliphatic heterocycles. The van der Waals surface area contributed by atoms with Crippen LogP contribution in [0.4, 0.5) is 10.1 Å². The van der Waals surface area contributed by atoms with Gasteiger partial charge in [0.15, 0.2) is 5.75 Å². The van der Waals surface area contributed by atoms with Gasteiger partial charge < -0.3 is 4.74 Å². The van der Waals surface area contributed by atoms with Gasteiger partial charge in [-0.25, -0.2) is 17.5 Å². The molecule has 0 amide bonds. The molecule has 0 saturated carbocycles. The first-order valence-corrected chi connectivity index (χ1v) is 10.6. The summed E-state index contributed by atoms with van der Waals surface area (Å²) in [7, 11) is -3.66. The fraction of sp³-hybridized carbons (Fsp3) is 0.0455. The van der Waals surface area contributed by atoms with Crippen molar-refractivity contribution in [1.82, 2.24) is 9.78 Å². The Balaban J connectivity index is 1.50. The number of aromatic nitrogens is 2. The van der Waals surface area contributed by atoms with Gasteiger partial charge in [-0.05, 0) is 67.1 Å². The van der Waals surface area contributed by atoms with Crippen LogP contribution in [0.5, 0.6) is 11.5 Å². The molecule has 152 valence electrons. The number of nitrogens with zero attached hydrogens (tertiary/aromatic N) is 2. The minimum atomic E-state index is -3.66. The molecule has 1 N–H and O–H groups in total. The Morgan fingerprint density at radius 3 is 2.43 bits per heavy atom. The van der Waals surface area contributed by atoms with Crippen LogP contribution in [0, 0.1) is 12.7 Å². The number of sulfonamides is 1. The van der Waals surface area contributed by atoms with Crippen LogP contribution >= 0.6 is 0 Å². The van der Waals surface area contributed by atoms with Gasteiger partial charge in [0.2, 0.25) is 0 Å². The fourth-order valence-electron chi connectivity index (χ4n) is 2.86. The third kappa shape index (κ3) is 4.33. The summed E-state index contributed by atoms with van der Waals surface area (Å²) in [6, 6.07) is 19.1. The molecule has 4 rings (SSSR count). The summed E-state index contributed by atoms with van der Waals surface area (Å²) >= 11 is 0. The van der Waals surface area contributed by atoms with Gasteiger partial charge in [-0.3, -0.25) is 4.72 Å². The lowest BCUT2D eigenvalue weighted by molar-refractivity contribution is 0.479. The average Bonchev–Trinajstić information content (AvgIpc) is 3.20. The van der Waals surface area contributed by atoms with E-state index in [4.69, 9.17) is 4.74 Å². The maximum absolute atomic E-state index is 13.1. The first-order valence-electron chi connectivity index (χ1n) is 9.08. The van der Waals surface area contributed by atoms with Crippen LogP contribution in [0.2, 0.25) is 0 Å². The fourth-order valence-corrected chi connectivity index (χ4v) is 3.93. The number of rotatable bonds is 6. The number of nitrogens with one attached hydrogen (secondary N) is 1. The van der Waals surface area contributed by atoms with Crippen molar-refractivity contribution >= 4 is 15.7 Å². The van der Waals surface area contributed by atoms with E-state index in [1.54, 1.807) is 65.6 Å². The van der Waals surface area contributed by atoms with E-state index >= 15 is 0 Å². The number of hydrogen-bond acceptors (Lipinski definition) is 4. The monoisotopic (exact) mass is 423 g/mol. The number of halogens is 1. The van der Waals surface area contributed by atoms with Crippen molar-refractivity contribution in [3.63, 3.8) is 0 Å². The molecule has 0 spiro atoms. The predicted molar refractivity (Wildman–Crippen MR) is 112 cm³/mol. The third-order valence-electron chi connectivity index (χ3n) is 4.36. The van der Waals surface area contributed by atoms with Crippen LogP contribution < -0.4 is 9.46 Å². The predicted octanol–water partition coefficient (Wildman–Crippen LogP) is 4.91. The third-order valence-corrected chi connectivity index (χ3v) is 5.76. The summed E-state index contributed by atoms with van der Waals surface area (Å²) in [5.74, 6) is 0.748. The number of aryl methyl sites for hydroxylation is 1. The van der Waals surface area contributed by atoms with E-state index in [1.165, 1.54) is 24.3 Å². The van der Waals surface area contributed by atoms with Gasteiger partial charge in [0.25, 0.3) is 10.0 Å². The Morgan fingerprint density at radius 1 is 1.00 bits per heavy atom. The highest BCUT2D eigenvalue weighted by atomic mass is 32.2. The highest BCUT2D eigenvalue weighted by Gasteiger charge is 2.14. The van der Waals surface area contributed by atoms with Gasteiger partial charge in [0.1, 0.15) is 11.6 Å². The van der Waals surface area contributed by atoms with E-state index in [1.807, 2.05) is 6.92 Å². The second-order valence-electron chi connectivity index (χ2n) is 6.60. The number of hydrogen-bond donors (Lipinski definition) is 1. The quantitative estimate of drug-likeness (QED) is 0.478. The highest BCUT2D eigenvalue weighted by Crippen LogP contribution is 2.28. The van der Waals surface area contributed by atoms with Crippen molar-refractivity contribution < 1.29 is 17.5 Å². The van der Waals surface area contributed by atoms with E-state index in [0.29, 0.717) is 22.9 Å². The summed E-state index contributed by atoms with van der Waals surface area (Å²) in [6.45, 7) is 1.82.